The Morgan fingerprint density at radius 1 is 1.10 bits per heavy atom. The zero-order valence-corrected chi connectivity index (χ0v) is 18.1. The van der Waals surface area contributed by atoms with Crippen molar-refractivity contribution in [3.05, 3.63) is 54.3 Å². The number of nitrogens with one attached hydrogen (secondary N) is 1. The molecule has 164 valence electrons. The second kappa shape index (κ2) is 10.3. The number of para-hydroxylation sites is 1. The molecule has 2 aromatic rings. The first-order valence-electron chi connectivity index (χ1n) is 9.16. The van der Waals surface area contributed by atoms with Gasteiger partial charge in [-0.2, -0.15) is 12.7 Å². The van der Waals surface area contributed by atoms with Crippen LogP contribution in [-0.2, 0) is 15.0 Å². The molecule has 2 rings (SSSR count). The van der Waals surface area contributed by atoms with E-state index in [-0.39, 0.29) is 12.3 Å². The summed E-state index contributed by atoms with van der Waals surface area (Å²) in [5.74, 6) is -0.0415. The highest BCUT2D eigenvalue weighted by Gasteiger charge is 2.29. The van der Waals surface area contributed by atoms with Crippen LogP contribution in [0.25, 0.3) is 0 Å². The maximum atomic E-state index is 14.2. The smallest absolute Gasteiger partial charge is 0.304 e. The molecule has 0 fully saturated rings. The lowest BCUT2D eigenvalue weighted by atomic mass is 10.3. The lowest BCUT2D eigenvalue weighted by molar-refractivity contribution is -0.120. The third-order valence-corrected chi connectivity index (χ3v) is 5.92. The minimum atomic E-state index is -4.08. The lowest BCUT2D eigenvalue weighted by Gasteiger charge is -2.27. The maximum Gasteiger partial charge on any atom is 0.304 e. The van der Waals surface area contributed by atoms with Crippen LogP contribution in [0, 0.1) is 5.82 Å². The molecule has 0 aliphatic heterocycles. The van der Waals surface area contributed by atoms with Crippen molar-refractivity contribution in [1.82, 2.24) is 9.62 Å². The summed E-state index contributed by atoms with van der Waals surface area (Å²) in [7, 11) is 0.103. The molecule has 30 heavy (non-hydrogen) atoms. The van der Waals surface area contributed by atoms with Crippen LogP contribution in [0.4, 0.5) is 10.1 Å². The first-order chi connectivity index (χ1) is 14.1. The molecule has 2 aromatic carbocycles. The Morgan fingerprint density at radius 2 is 1.70 bits per heavy atom. The van der Waals surface area contributed by atoms with E-state index in [4.69, 9.17) is 9.47 Å². The fourth-order valence-electron chi connectivity index (χ4n) is 2.53. The Labute approximate surface area is 176 Å². The van der Waals surface area contributed by atoms with Crippen molar-refractivity contribution < 1.29 is 27.1 Å². The van der Waals surface area contributed by atoms with Crippen LogP contribution in [0.3, 0.4) is 0 Å². The average molecular weight is 440 g/mol. The second-order valence-corrected chi connectivity index (χ2v) is 8.77. The van der Waals surface area contributed by atoms with Gasteiger partial charge in [0.15, 0.2) is 0 Å². The fourth-order valence-corrected chi connectivity index (χ4v) is 3.60. The number of ether oxygens (including phenoxy) is 2. The summed E-state index contributed by atoms with van der Waals surface area (Å²) in [4.78, 5) is 12.5. The van der Waals surface area contributed by atoms with Crippen molar-refractivity contribution in [2.45, 2.75) is 13.0 Å². The number of halogens is 1. The van der Waals surface area contributed by atoms with E-state index < -0.39 is 34.5 Å². The summed E-state index contributed by atoms with van der Waals surface area (Å²) in [6.07, 6.45) is 0. The number of hydrogen-bond acceptors (Lipinski definition) is 5. The highest BCUT2D eigenvalue weighted by Crippen LogP contribution is 2.22. The minimum Gasteiger partial charge on any atom is -0.497 e. The van der Waals surface area contributed by atoms with Crippen LogP contribution >= 0.6 is 0 Å². The zero-order valence-electron chi connectivity index (χ0n) is 17.3. The highest BCUT2D eigenvalue weighted by atomic mass is 32.2. The number of carbonyl (C=O) groups excluding carboxylic acids is 1. The summed E-state index contributed by atoms with van der Waals surface area (Å²) < 4.78 is 51.8. The van der Waals surface area contributed by atoms with E-state index in [1.807, 2.05) is 0 Å². The number of rotatable bonds is 10. The van der Waals surface area contributed by atoms with Gasteiger partial charge >= 0.3 is 10.2 Å². The standard InChI is InChI=1S/C20H26FN3O5S/c1-15(14-29-17-11-9-16(28-4)10-12-17)22-20(25)13-24(30(26,27)23(2)3)19-8-6-5-7-18(19)21/h5-12,15H,13-14H2,1-4H3,(H,22,25)/t15-/m0/s1. The van der Waals surface area contributed by atoms with Crippen molar-refractivity contribution in [1.29, 1.82) is 0 Å². The Kier molecular flexibility index (Phi) is 8.01. The monoisotopic (exact) mass is 439 g/mol. The molecular weight excluding hydrogens is 413 g/mol. The van der Waals surface area contributed by atoms with Crippen LogP contribution in [0.2, 0.25) is 0 Å². The molecule has 10 heteroatoms. The third kappa shape index (κ3) is 6.07. The topological polar surface area (TPSA) is 88.2 Å². The van der Waals surface area contributed by atoms with Crippen LogP contribution in [0.5, 0.6) is 11.5 Å². The molecule has 0 unspecified atom stereocenters. The average Bonchev–Trinajstić information content (AvgIpc) is 2.71. The van der Waals surface area contributed by atoms with Gasteiger partial charge in [0.05, 0.1) is 18.8 Å². The summed E-state index contributed by atoms with van der Waals surface area (Å²) in [6, 6.07) is 11.9. The lowest BCUT2D eigenvalue weighted by Crippen LogP contribution is -2.48. The molecule has 0 spiro atoms. The molecule has 0 saturated carbocycles. The SMILES string of the molecule is COc1ccc(OC[C@H](C)NC(=O)CN(c2ccccc2F)S(=O)(=O)N(C)C)cc1. The molecule has 8 nitrogen and oxygen atoms in total. The van der Waals surface area contributed by atoms with Gasteiger partial charge in [-0.15, -0.1) is 0 Å². The Bertz CT molecular complexity index is 951. The van der Waals surface area contributed by atoms with Gasteiger partial charge in [-0.1, -0.05) is 12.1 Å². The van der Waals surface area contributed by atoms with E-state index in [2.05, 4.69) is 5.32 Å². The Morgan fingerprint density at radius 3 is 2.27 bits per heavy atom. The number of methoxy groups -OCH3 is 1. The van der Waals surface area contributed by atoms with E-state index in [0.717, 1.165) is 14.7 Å². The van der Waals surface area contributed by atoms with Crippen molar-refractivity contribution in [2.24, 2.45) is 0 Å². The maximum absolute atomic E-state index is 14.2. The molecular formula is C20H26FN3O5S. The largest absolute Gasteiger partial charge is 0.497 e. The normalized spacial score (nSPS) is 12.3. The molecule has 1 atom stereocenters. The van der Waals surface area contributed by atoms with Gasteiger partial charge in [-0.25, -0.2) is 8.70 Å². The number of nitrogens with zero attached hydrogens (tertiary/aromatic N) is 2. The van der Waals surface area contributed by atoms with Crippen molar-refractivity contribution in [2.75, 3.05) is 38.7 Å². The summed E-state index contributed by atoms with van der Waals surface area (Å²) in [6.45, 7) is 1.31. The molecule has 0 radical (unpaired) electrons. The molecule has 1 N–H and O–H groups in total. The molecule has 0 saturated heterocycles. The summed E-state index contributed by atoms with van der Waals surface area (Å²) in [5.41, 5.74) is -0.205. The van der Waals surface area contributed by atoms with Crippen LogP contribution in [-0.4, -0.2) is 59.0 Å². The van der Waals surface area contributed by atoms with E-state index in [0.29, 0.717) is 11.5 Å². The first kappa shape index (κ1) is 23.4. The zero-order chi connectivity index (χ0) is 22.3. The molecule has 0 aliphatic rings. The van der Waals surface area contributed by atoms with Gasteiger partial charge < -0.3 is 14.8 Å². The predicted molar refractivity (Wildman–Crippen MR) is 112 cm³/mol. The second-order valence-electron chi connectivity index (χ2n) is 6.70. The van der Waals surface area contributed by atoms with E-state index in [1.165, 1.54) is 32.3 Å². The van der Waals surface area contributed by atoms with E-state index >= 15 is 0 Å². The number of anilines is 1. The van der Waals surface area contributed by atoms with Gasteiger partial charge in [0.25, 0.3) is 0 Å². The number of benzene rings is 2. The molecule has 0 aromatic heterocycles. The summed E-state index contributed by atoms with van der Waals surface area (Å²) in [5, 5.41) is 2.67. The van der Waals surface area contributed by atoms with Gasteiger partial charge in [0.2, 0.25) is 5.91 Å². The van der Waals surface area contributed by atoms with E-state index in [1.54, 1.807) is 38.3 Å². The minimum absolute atomic E-state index is 0.165. The van der Waals surface area contributed by atoms with Crippen molar-refractivity contribution in [3.8, 4) is 11.5 Å². The van der Waals surface area contributed by atoms with Crippen LogP contribution in [0.1, 0.15) is 6.92 Å². The van der Waals surface area contributed by atoms with Gasteiger partial charge in [-0.05, 0) is 43.3 Å². The quantitative estimate of drug-likeness (QED) is 0.612. The van der Waals surface area contributed by atoms with Crippen LogP contribution < -0.4 is 19.1 Å². The Balaban J connectivity index is 2.03. The summed E-state index contributed by atoms with van der Waals surface area (Å²) >= 11 is 0. The first-order valence-corrected chi connectivity index (χ1v) is 10.6. The highest BCUT2D eigenvalue weighted by molar-refractivity contribution is 7.90. The van der Waals surface area contributed by atoms with Crippen LogP contribution in [0.15, 0.2) is 48.5 Å². The van der Waals surface area contributed by atoms with Crippen molar-refractivity contribution >= 4 is 21.8 Å². The molecule has 0 heterocycles. The van der Waals surface area contributed by atoms with Gasteiger partial charge in [0, 0.05) is 14.1 Å². The predicted octanol–water partition coefficient (Wildman–Crippen LogP) is 2.03. The van der Waals surface area contributed by atoms with Gasteiger partial charge in [-0.3, -0.25) is 4.79 Å². The number of hydrogen-bond donors (Lipinski definition) is 1. The number of amides is 1. The van der Waals surface area contributed by atoms with Crippen molar-refractivity contribution in [3.63, 3.8) is 0 Å². The van der Waals surface area contributed by atoms with E-state index in [9.17, 15) is 17.6 Å². The number of carbonyl (C=O) groups is 1. The Hall–Kier alpha value is -2.85. The fraction of sp³-hybridized carbons (Fsp3) is 0.350. The molecule has 0 aliphatic carbocycles. The molecule has 0 bridgehead atoms. The molecule has 1 amide bonds. The van der Waals surface area contributed by atoms with Gasteiger partial charge in [0.1, 0.15) is 30.5 Å². The third-order valence-electron chi connectivity index (χ3n) is 4.12.